The zero-order valence-electron chi connectivity index (χ0n) is 17.8. The number of fused-ring (bicyclic) bond motifs is 1. The number of allylic oxidation sites excluding steroid dienone is 4. The molecule has 0 saturated carbocycles. The highest BCUT2D eigenvalue weighted by Gasteiger charge is 2.16. The molecule has 0 spiro atoms. The van der Waals surface area contributed by atoms with Crippen LogP contribution in [0.1, 0.15) is 12.8 Å². The Morgan fingerprint density at radius 2 is 1.97 bits per heavy atom. The van der Waals surface area contributed by atoms with Crippen molar-refractivity contribution in [1.82, 2.24) is 19.5 Å². The van der Waals surface area contributed by atoms with E-state index in [4.69, 9.17) is 32.9 Å². The van der Waals surface area contributed by atoms with Gasteiger partial charge >= 0.3 is 0 Å². The Balaban J connectivity index is 1.46. The normalized spacial score (nSPS) is 19.4. The third kappa shape index (κ3) is 4.82. The molecular formula is C24H22BrCl2N5O. The summed E-state index contributed by atoms with van der Waals surface area (Å²) in [5.74, 6) is 0.800. The van der Waals surface area contributed by atoms with E-state index < -0.39 is 0 Å². The Hall–Kier alpha value is -2.32. The molecule has 5 rings (SSSR count). The summed E-state index contributed by atoms with van der Waals surface area (Å²) in [6, 6.07) is 7.50. The second kappa shape index (κ2) is 9.89. The highest BCUT2D eigenvalue weighted by Crippen LogP contribution is 2.35. The van der Waals surface area contributed by atoms with Crippen molar-refractivity contribution in [2.24, 2.45) is 0 Å². The van der Waals surface area contributed by atoms with Crippen LogP contribution in [0, 0.1) is 0 Å². The zero-order chi connectivity index (χ0) is 22.8. The summed E-state index contributed by atoms with van der Waals surface area (Å²) >= 11 is 16.3. The van der Waals surface area contributed by atoms with Crippen LogP contribution in [-0.4, -0.2) is 45.8 Å². The molecule has 6 nitrogen and oxygen atoms in total. The van der Waals surface area contributed by atoms with Crippen LogP contribution in [0.3, 0.4) is 0 Å². The number of morpholine rings is 1. The van der Waals surface area contributed by atoms with E-state index in [9.17, 15) is 0 Å². The quantitative estimate of drug-likeness (QED) is 0.414. The van der Waals surface area contributed by atoms with Gasteiger partial charge in [-0.05, 0) is 34.5 Å². The molecular weight excluding hydrogens is 525 g/mol. The summed E-state index contributed by atoms with van der Waals surface area (Å²) in [7, 11) is 0. The number of anilines is 1. The third-order valence-corrected chi connectivity index (χ3v) is 7.02. The van der Waals surface area contributed by atoms with Gasteiger partial charge in [0.05, 0.1) is 39.6 Å². The van der Waals surface area contributed by atoms with Gasteiger partial charge in [0.1, 0.15) is 5.82 Å². The van der Waals surface area contributed by atoms with Crippen molar-refractivity contribution in [2.75, 3.05) is 31.6 Å². The van der Waals surface area contributed by atoms with Crippen LogP contribution in [0.2, 0.25) is 10.0 Å². The molecule has 0 bridgehead atoms. The molecule has 0 amide bonds. The highest BCUT2D eigenvalue weighted by molar-refractivity contribution is 9.10. The Kier molecular flexibility index (Phi) is 6.74. The van der Waals surface area contributed by atoms with E-state index in [1.807, 2.05) is 18.2 Å². The first-order valence-electron chi connectivity index (χ1n) is 10.7. The molecule has 2 aliphatic rings. The van der Waals surface area contributed by atoms with Crippen molar-refractivity contribution in [3.8, 4) is 11.3 Å². The number of rotatable bonds is 4. The minimum absolute atomic E-state index is 0.478. The number of halogens is 3. The predicted octanol–water partition coefficient (Wildman–Crippen LogP) is 6.33. The zero-order valence-corrected chi connectivity index (χ0v) is 20.9. The van der Waals surface area contributed by atoms with Gasteiger partial charge in [-0.3, -0.25) is 0 Å². The molecule has 33 heavy (non-hydrogen) atoms. The van der Waals surface area contributed by atoms with Gasteiger partial charge in [-0.2, -0.15) is 9.61 Å². The topological polar surface area (TPSA) is 54.7 Å². The minimum atomic E-state index is 0.478. The molecule has 1 aliphatic carbocycles. The number of nitrogens with one attached hydrogen (secondary N) is 1. The van der Waals surface area contributed by atoms with Crippen LogP contribution in [-0.2, 0) is 4.74 Å². The van der Waals surface area contributed by atoms with Crippen molar-refractivity contribution in [3.63, 3.8) is 0 Å². The maximum Gasteiger partial charge on any atom is 0.172 e. The Morgan fingerprint density at radius 3 is 2.82 bits per heavy atom. The van der Waals surface area contributed by atoms with Gasteiger partial charge in [-0.25, -0.2) is 4.98 Å². The second-order valence-corrected chi connectivity index (χ2v) is 9.42. The van der Waals surface area contributed by atoms with Gasteiger partial charge in [0.15, 0.2) is 5.65 Å². The summed E-state index contributed by atoms with van der Waals surface area (Å²) in [6.07, 6.45) is 12.2. The summed E-state index contributed by atoms with van der Waals surface area (Å²) in [5.41, 5.74) is 4.53. The first-order chi connectivity index (χ1) is 16.1. The second-order valence-electron chi connectivity index (χ2n) is 7.78. The molecule has 3 heterocycles. The fourth-order valence-corrected chi connectivity index (χ4v) is 4.71. The van der Waals surface area contributed by atoms with Gasteiger partial charge in [0.25, 0.3) is 0 Å². The number of nitrogens with zero attached hydrogens (tertiary/aromatic N) is 4. The minimum Gasteiger partial charge on any atom is -0.378 e. The van der Waals surface area contributed by atoms with E-state index in [0.29, 0.717) is 15.7 Å². The third-order valence-electron chi connectivity index (χ3n) is 5.64. The number of hydrogen-bond acceptors (Lipinski definition) is 5. The lowest BCUT2D eigenvalue weighted by atomic mass is 10.1. The molecule has 9 heteroatoms. The lowest BCUT2D eigenvalue weighted by Crippen LogP contribution is -2.35. The molecule has 170 valence electrons. The maximum absolute atomic E-state index is 6.49. The van der Waals surface area contributed by atoms with Gasteiger partial charge in [0, 0.05) is 42.5 Å². The summed E-state index contributed by atoms with van der Waals surface area (Å²) in [5, 5.41) is 9.01. The average Bonchev–Trinajstić information content (AvgIpc) is 3.19. The lowest BCUT2D eigenvalue weighted by molar-refractivity contribution is 0.0552. The van der Waals surface area contributed by atoms with Gasteiger partial charge < -0.3 is 15.0 Å². The van der Waals surface area contributed by atoms with Crippen LogP contribution in [0.5, 0.6) is 0 Å². The number of ether oxygens (including phenoxy) is 1. The van der Waals surface area contributed by atoms with Crippen molar-refractivity contribution in [2.45, 2.75) is 12.8 Å². The summed E-state index contributed by atoms with van der Waals surface area (Å²) in [4.78, 5) is 7.14. The first-order valence-corrected chi connectivity index (χ1v) is 12.3. The van der Waals surface area contributed by atoms with Crippen molar-refractivity contribution in [3.05, 3.63) is 80.7 Å². The molecule has 1 aromatic carbocycles. The van der Waals surface area contributed by atoms with Crippen LogP contribution >= 0.6 is 39.1 Å². The van der Waals surface area contributed by atoms with Crippen molar-refractivity contribution in [1.29, 1.82) is 0 Å². The Morgan fingerprint density at radius 1 is 1.12 bits per heavy atom. The molecule has 1 fully saturated rings. The molecule has 0 atom stereocenters. The Bertz CT molecular complexity index is 1280. The van der Waals surface area contributed by atoms with Crippen LogP contribution in [0.4, 0.5) is 5.82 Å². The van der Waals surface area contributed by atoms with Crippen LogP contribution in [0.15, 0.2) is 70.6 Å². The Labute approximate surface area is 210 Å². The van der Waals surface area contributed by atoms with E-state index >= 15 is 0 Å². The van der Waals surface area contributed by atoms with Crippen LogP contribution < -0.4 is 5.32 Å². The van der Waals surface area contributed by atoms with E-state index in [1.54, 1.807) is 16.8 Å². The van der Waals surface area contributed by atoms with Crippen molar-refractivity contribution < 1.29 is 4.74 Å². The molecule has 2 aromatic heterocycles. The van der Waals surface area contributed by atoms with E-state index in [2.05, 4.69) is 55.5 Å². The molecule has 1 N–H and O–H groups in total. The molecule has 3 aromatic rings. The van der Waals surface area contributed by atoms with Crippen LogP contribution in [0.25, 0.3) is 16.9 Å². The average molecular weight is 547 g/mol. The summed E-state index contributed by atoms with van der Waals surface area (Å²) < 4.78 is 8.06. The largest absolute Gasteiger partial charge is 0.378 e. The van der Waals surface area contributed by atoms with Gasteiger partial charge in [-0.15, -0.1) is 0 Å². The van der Waals surface area contributed by atoms with Gasteiger partial charge in [0.2, 0.25) is 0 Å². The van der Waals surface area contributed by atoms with E-state index in [-0.39, 0.29) is 0 Å². The smallest absolute Gasteiger partial charge is 0.172 e. The SMILES string of the molecule is Clc1cccc(-c2cc(N/C3=C/CC=C(N4CCOCC4)/C=C\C3)n3ncc(Br)c3n2)c1Cl. The number of hydrogen-bond donors (Lipinski definition) is 1. The number of benzene rings is 1. The summed E-state index contributed by atoms with van der Waals surface area (Å²) in [6.45, 7) is 3.43. The molecule has 0 unspecified atom stereocenters. The maximum atomic E-state index is 6.49. The van der Waals surface area contributed by atoms with Crippen molar-refractivity contribution >= 4 is 50.6 Å². The first kappa shape index (κ1) is 22.5. The molecule has 1 aliphatic heterocycles. The van der Waals surface area contributed by atoms with E-state index in [0.717, 1.165) is 66.4 Å². The molecule has 1 saturated heterocycles. The van der Waals surface area contributed by atoms with E-state index in [1.165, 1.54) is 5.70 Å². The predicted molar refractivity (Wildman–Crippen MR) is 137 cm³/mol. The lowest BCUT2D eigenvalue weighted by Gasteiger charge is -2.30. The van der Waals surface area contributed by atoms with Gasteiger partial charge in [-0.1, -0.05) is 53.6 Å². The fourth-order valence-electron chi connectivity index (χ4n) is 3.97. The fraction of sp³-hybridized carbons (Fsp3) is 0.250. The number of aromatic nitrogens is 3. The standard InChI is InChI=1S/C24H22BrCl2N5O/c25-19-15-28-32-22(14-21(30-24(19)32)18-8-3-9-20(26)23(18)27)29-16-4-1-6-17(7-2-5-16)31-10-12-33-13-11-31/h1,3,5-9,14-15,29H,2,4,10-13H2/b6-1-,16-5+,17-7?. The molecule has 0 radical (unpaired) electrons. The highest BCUT2D eigenvalue weighted by atomic mass is 79.9. The monoisotopic (exact) mass is 545 g/mol.